The molecule has 0 amide bonds. The van der Waals surface area contributed by atoms with E-state index < -0.39 is 0 Å². The van der Waals surface area contributed by atoms with E-state index in [-0.39, 0.29) is 0 Å². The van der Waals surface area contributed by atoms with Crippen molar-refractivity contribution >= 4 is 0 Å². The second-order valence-corrected chi connectivity index (χ2v) is 5.84. The van der Waals surface area contributed by atoms with Crippen LogP contribution in [0.3, 0.4) is 0 Å². The second kappa shape index (κ2) is 6.76. The first kappa shape index (κ1) is 16.5. The van der Waals surface area contributed by atoms with Gasteiger partial charge in [-0.3, -0.25) is 9.36 Å². The highest BCUT2D eigenvalue weighted by Crippen LogP contribution is 2.33. The average molecular weight is 360 g/mol. The van der Waals surface area contributed by atoms with Gasteiger partial charge in [-0.2, -0.15) is 20.6 Å². The molecule has 3 aromatic heterocycles. The van der Waals surface area contributed by atoms with E-state index in [1.54, 1.807) is 45.6 Å². The maximum atomic E-state index is 9.28. The fourth-order valence-corrected chi connectivity index (χ4v) is 2.83. The Balaban J connectivity index is 1.87. The smallest absolute Gasteiger partial charge is 0.148 e. The molecule has 0 atom stereocenters. The Kier molecular flexibility index (Phi) is 4.14. The third kappa shape index (κ3) is 3.04. The lowest BCUT2D eigenvalue weighted by Crippen LogP contribution is -2.07. The quantitative estimate of drug-likeness (QED) is 0.538. The summed E-state index contributed by atoms with van der Waals surface area (Å²) in [6.45, 7) is 0.449. The molecule has 0 fully saturated rings. The Morgan fingerprint density at radius 2 is 2.15 bits per heavy atom. The Labute approximate surface area is 155 Å². The largest absolute Gasteiger partial charge is 0.496 e. The number of aromatic nitrogens is 7. The lowest BCUT2D eigenvalue weighted by atomic mass is 10.1. The average Bonchev–Trinajstić information content (AvgIpc) is 3.43. The van der Waals surface area contributed by atoms with Gasteiger partial charge < -0.3 is 4.74 Å². The predicted octanol–water partition coefficient (Wildman–Crippen LogP) is 1.79. The van der Waals surface area contributed by atoms with Crippen molar-refractivity contribution in [1.29, 1.82) is 5.26 Å². The van der Waals surface area contributed by atoms with Gasteiger partial charge in [0, 0.05) is 25.0 Å². The molecule has 4 rings (SSSR count). The molecule has 0 unspecified atom stereocenters. The molecular formula is C18H16N8O. The third-order valence-corrected chi connectivity index (χ3v) is 4.19. The Morgan fingerprint density at radius 3 is 2.81 bits per heavy atom. The second-order valence-electron chi connectivity index (χ2n) is 5.84. The van der Waals surface area contributed by atoms with Gasteiger partial charge >= 0.3 is 0 Å². The molecule has 0 bridgehead atoms. The molecule has 0 aliphatic rings. The number of ether oxygens (including phenoxy) is 1. The minimum Gasteiger partial charge on any atom is -0.496 e. The van der Waals surface area contributed by atoms with Crippen molar-refractivity contribution in [1.82, 2.24) is 34.3 Å². The standard InChI is InChI=1S/C18H16N8O/c1-24-17(20-12-22-24)11-25-10-15(26-7-3-6-21-26)18(23-25)14-8-13(9-19)4-5-16(14)27-2/h3-8,10,12H,11H2,1-2H3. The molecule has 0 saturated carbocycles. The molecule has 27 heavy (non-hydrogen) atoms. The number of nitriles is 1. The van der Waals surface area contributed by atoms with E-state index in [1.807, 2.05) is 25.5 Å². The number of benzene rings is 1. The number of hydrogen-bond donors (Lipinski definition) is 0. The maximum Gasteiger partial charge on any atom is 0.148 e. The van der Waals surface area contributed by atoms with Crippen LogP contribution in [0.2, 0.25) is 0 Å². The van der Waals surface area contributed by atoms with E-state index in [9.17, 15) is 5.26 Å². The highest BCUT2D eigenvalue weighted by Gasteiger charge is 2.18. The van der Waals surface area contributed by atoms with Gasteiger partial charge in [-0.25, -0.2) is 9.67 Å². The van der Waals surface area contributed by atoms with Crippen LogP contribution in [0.15, 0.2) is 49.2 Å². The van der Waals surface area contributed by atoms with Gasteiger partial charge in [0.05, 0.1) is 24.9 Å². The molecule has 9 nitrogen and oxygen atoms in total. The summed E-state index contributed by atoms with van der Waals surface area (Å²) in [4.78, 5) is 4.25. The van der Waals surface area contributed by atoms with Crippen LogP contribution in [0.25, 0.3) is 16.9 Å². The summed E-state index contributed by atoms with van der Waals surface area (Å²) in [6.07, 6.45) is 6.93. The monoisotopic (exact) mass is 360 g/mol. The van der Waals surface area contributed by atoms with Crippen molar-refractivity contribution in [3.8, 4) is 28.8 Å². The molecule has 0 saturated heterocycles. The van der Waals surface area contributed by atoms with Gasteiger partial charge in [-0.15, -0.1) is 0 Å². The highest BCUT2D eigenvalue weighted by molar-refractivity contribution is 5.75. The summed E-state index contributed by atoms with van der Waals surface area (Å²) in [5.41, 5.74) is 2.68. The van der Waals surface area contributed by atoms with E-state index in [1.165, 1.54) is 6.33 Å². The lowest BCUT2D eigenvalue weighted by molar-refractivity contribution is 0.416. The summed E-state index contributed by atoms with van der Waals surface area (Å²) in [6, 6.07) is 9.24. The minimum atomic E-state index is 0.449. The molecule has 9 heteroatoms. The minimum absolute atomic E-state index is 0.449. The topological polar surface area (TPSA) is 99.4 Å². The van der Waals surface area contributed by atoms with E-state index >= 15 is 0 Å². The van der Waals surface area contributed by atoms with E-state index in [0.29, 0.717) is 23.6 Å². The van der Waals surface area contributed by atoms with Gasteiger partial charge in [0.1, 0.15) is 35.8 Å². The maximum absolute atomic E-state index is 9.28. The van der Waals surface area contributed by atoms with Crippen LogP contribution in [0.5, 0.6) is 5.75 Å². The van der Waals surface area contributed by atoms with Crippen LogP contribution in [0.4, 0.5) is 0 Å². The molecule has 0 radical (unpaired) electrons. The van der Waals surface area contributed by atoms with E-state index in [4.69, 9.17) is 9.84 Å². The number of methoxy groups -OCH3 is 1. The van der Waals surface area contributed by atoms with Gasteiger partial charge in [0.15, 0.2) is 0 Å². The van der Waals surface area contributed by atoms with Crippen molar-refractivity contribution in [3.05, 3.63) is 60.6 Å². The normalized spacial score (nSPS) is 10.7. The van der Waals surface area contributed by atoms with Crippen LogP contribution in [-0.4, -0.2) is 41.4 Å². The number of aryl methyl sites for hydroxylation is 1. The lowest BCUT2D eigenvalue weighted by Gasteiger charge is -2.08. The summed E-state index contributed by atoms with van der Waals surface area (Å²) < 4.78 is 10.7. The fourth-order valence-electron chi connectivity index (χ4n) is 2.83. The van der Waals surface area contributed by atoms with Crippen LogP contribution >= 0.6 is 0 Å². The molecule has 3 heterocycles. The van der Waals surface area contributed by atoms with Crippen molar-refractivity contribution in [2.45, 2.75) is 6.54 Å². The van der Waals surface area contributed by atoms with Crippen molar-refractivity contribution in [3.63, 3.8) is 0 Å². The zero-order valence-electron chi connectivity index (χ0n) is 14.8. The third-order valence-electron chi connectivity index (χ3n) is 4.19. The molecule has 0 aliphatic carbocycles. The highest BCUT2D eigenvalue weighted by atomic mass is 16.5. The van der Waals surface area contributed by atoms with Crippen LogP contribution in [0, 0.1) is 11.3 Å². The first-order valence-electron chi connectivity index (χ1n) is 8.18. The molecule has 0 N–H and O–H groups in total. The van der Waals surface area contributed by atoms with Gasteiger partial charge in [-0.05, 0) is 24.3 Å². The number of hydrogen-bond acceptors (Lipinski definition) is 6. The Bertz CT molecular complexity index is 1120. The molecule has 4 aromatic rings. The molecule has 1 aromatic carbocycles. The van der Waals surface area contributed by atoms with Crippen LogP contribution < -0.4 is 4.74 Å². The molecule has 0 aliphatic heterocycles. The van der Waals surface area contributed by atoms with Crippen molar-refractivity contribution < 1.29 is 4.74 Å². The molecular weight excluding hydrogens is 344 g/mol. The molecule has 0 spiro atoms. The van der Waals surface area contributed by atoms with Crippen LogP contribution in [0.1, 0.15) is 11.4 Å². The fraction of sp³-hybridized carbons (Fsp3) is 0.167. The first-order chi connectivity index (χ1) is 13.2. The predicted molar refractivity (Wildman–Crippen MR) is 96.2 cm³/mol. The van der Waals surface area contributed by atoms with Crippen molar-refractivity contribution in [2.24, 2.45) is 7.05 Å². The zero-order chi connectivity index (χ0) is 18.8. The van der Waals surface area contributed by atoms with Gasteiger partial charge in [0.2, 0.25) is 0 Å². The summed E-state index contributed by atoms with van der Waals surface area (Å²) in [5, 5.41) is 22.4. The van der Waals surface area contributed by atoms with Crippen LogP contribution in [-0.2, 0) is 13.6 Å². The molecule has 134 valence electrons. The van der Waals surface area contributed by atoms with Crippen molar-refractivity contribution in [2.75, 3.05) is 7.11 Å². The summed E-state index contributed by atoms with van der Waals surface area (Å²) in [5.74, 6) is 1.40. The Morgan fingerprint density at radius 1 is 1.26 bits per heavy atom. The summed E-state index contributed by atoms with van der Waals surface area (Å²) >= 11 is 0. The zero-order valence-corrected chi connectivity index (χ0v) is 14.8. The SMILES string of the molecule is COc1ccc(C#N)cc1-c1nn(Cc2ncnn2C)cc1-n1cccn1. The van der Waals surface area contributed by atoms with Gasteiger partial charge in [0.25, 0.3) is 0 Å². The Hall–Kier alpha value is -3.93. The number of rotatable bonds is 5. The number of nitrogens with zero attached hydrogens (tertiary/aromatic N) is 8. The van der Waals surface area contributed by atoms with E-state index in [0.717, 1.165) is 17.1 Å². The van der Waals surface area contributed by atoms with Gasteiger partial charge in [-0.1, -0.05) is 0 Å². The van der Waals surface area contributed by atoms with E-state index in [2.05, 4.69) is 21.3 Å². The first-order valence-corrected chi connectivity index (χ1v) is 8.18. The summed E-state index contributed by atoms with van der Waals surface area (Å²) in [7, 11) is 3.43.